The van der Waals surface area contributed by atoms with Crippen LogP contribution in [0.1, 0.15) is 35.1 Å². The van der Waals surface area contributed by atoms with Crippen LogP contribution in [0.5, 0.6) is 0 Å². The van der Waals surface area contributed by atoms with Crippen LogP contribution in [0.2, 0.25) is 10.0 Å². The van der Waals surface area contributed by atoms with Crippen LogP contribution in [0.25, 0.3) is 0 Å². The third-order valence-electron chi connectivity index (χ3n) is 5.95. The van der Waals surface area contributed by atoms with E-state index in [-0.39, 0.29) is 29.2 Å². The fourth-order valence-corrected chi connectivity index (χ4v) is 4.49. The summed E-state index contributed by atoms with van der Waals surface area (Å²) in [7, 11) is 0. The summed E-state index contributed by atoms with van der Waals surface area (Å²) in [4.78, 5) is 29.9. The molecule has 0 saturated heterocycles. The molecule has 8 heteroatoms. The molecule has 5 rings (SSSR count). The van der Waals surface area contributed by atoms with E-state index in [0.29, 0.717) is 38.8 Å². The summed E-state index contributed by atoms with van der Waals surface area (Å²) in [5.74, 6) is -1.16. The van der Waals surface area contributed by atoms with E-state index in [1.807, 2.05) is 25.1 Å². The Balaban J connectivity index is 1.63. The summed E-state index contributed by atoms with van der Waals surface area (Å²) in [6.45, 7) is 1.85. The van der Waals surface area contributed by atoms with E-state index < -0.39 is 11.9 Å². The molecule has 33 heavy (non-hydrogen) atoms. The molecule has 0 aliphatic carbocycles. The number of aliphatic imine (C=N–C) groups is 1. The van der Waals surface area contributed by atoms with Gasteiger partial charge in [0.2, 0.25) is 11.8 Å². The number of amides is 2. The van der Waals surface area contributed by atoms with Crippen LogP contribution in [-0.4, -0.2) is 23.6 Å². The third kappa shape index (κ3) is 4.01. The first kappa shape index (κ1) is 21.6. The largest absolute Gasteiger partial charge is 0.325 e. The number of nitrogens with one attached hydrogen (secondary N) is 2. The first-order valence-electron chi connectivity index (χ1n) is 10.4. The molecular weight excluding hydrogens is 464 g/mol. The molecular formula is C25H18Cl2FN3O2. The Bertz CT molecular complexity index is 1360. The van der Waals surface area contributed by atoms with Crippen molar-refractivity contribution in [3.63, 3.8) is 0 Å². The second-order valence-electron chi connectivity index (χ2n) is 8.13. The van der Waals surface area contributed by atoms with Gasteiger partial charge in [-0.25, -0.2) is 4.39 Å². The molecule has 0 saturated carbocycles. The zero-order chi connectivity index (χ0) is 23.3. The van der Waals surface area contributed by atoms with Crippen molar-refractivity contribution in [2.45, 2.75) is 25.3 Å². The first-order valence-corrected chi connectivity index (χ1v) is 11.1. The van der Waals surface area contributed by atoms with Gasteiger partial charge in [-0.3, -0.25) is 14.6 Å². The minimum atomic E-state index is -0.886. The van der Waals surface area contributed by atoms with Gasteiger partial charge in [0.05, 0.1) is 17.3 Å². The molecule has 2 aliphatic heterocycles. The number of nitrogens with zero attached hydrogens (tertiary/aromatic N) is 1. The smallest absolute Gasteiger partial charge is 0.249 e. The van der Waals surface area contributed by atoms with Gasteiger partial charge >= 0.3 is 0 Å². The van der Waals surface area contributed by atoms with E-state index in [1.165, 1.54) is 6.07 Å². The summed E-state index contributed by atoms with van der Waals surface area (Å²) < 4.78 is 14.5. The monoisotopic (exact) mass is 481 g/mol. The molecule has 2 atom stereocenters. The topological polar surface area (TPSA) is 70.6 Å². The maximum Gasteiger partial charge on any atom is 0.249 e. The lowest BCUT2D eigenvalue weighted by molar-refractivity contribution is -0.117. The highest BCUT2D eigenvalue weighted by Crippen LogP contribution is 2.35. The van der Waals surface area contributed by atoms with Crippen molar-refractivity contribution < 1.29 is 14.0 Å². The number of hydrogen-bond donors (Lipinski definition) is 2. The van der Waals surface area contributed by atoms with Crippen LogP contribution >= 0.6 is 23.2 Å². The van der Waals surface area contributed by atoms with Gasteiger partial charge in [0, 0.05) is 33.3 Å². The van der Waals surface area contributed by atoms with Crippen molar-refractivity contribution in [3.05, 3.63) is 92.7 Å². The number of carbonyl (C=O) groups excluding carboxylic acids is 2. The Labute approximate surface area is 199 Å². The Morgan fingerprint density at radius 2 is 1.64 bits per heavy atom. The number of benzodiazepines with no additional fused rings is 1. The number of anilines is 2. The predicted molar refractivity (Wildman–Crippen MR) is 128 cm³/mol. The SMILES string of the molecule is CC1C(=O)Nc2cc(C3=NC(Cc4ccc(Cl)cc4F)C(=O)Nc4ccc(Cl)cc43)ccc21. The number of fused-ring (bicyclic) bond motifs is 2. The molecule has 2 aliphatic rings. The van der Waals surface area contributed by atoms with Crippen LogP contribution in [0.3, 0.4) is 0 Å². The molecule has 2 unspecified atom stereocenters. The van der Waals surface area contributed by atoms with Crippen molar-refractivity contribution in [2.24, 2.45) is 4.99 Å². The second-order valence-corrected chi connectivity index (χ2v) is 9.00. The Hall–Kier alpha value is -3.22. The van der Waals surface area contributed by atoms with Crippen molar-refractivity contribution in [1.82, 2.24) is 0 Å². The summed E-state index contributed by atoms with van der Waals surface area (Å²) in [5, 5.41) is 6.54. The minimum Gasteiger partial charge on any atom is -0.325 e. The van der Waals surface area contributed by atoms with Gasteiger partial charge in [-0.1, -0.05) is 41.4 Å². The quantitative estimate of drug-likeness (QED) is 0.511. The summed E-state index contributed by atoms with van der Waals surface area (Å²) >= 11 is 12.1. The highest BCUT2D eigenvalue weighted by molar-refractivity contribution is 6.32. The lowest BCUT2D eigenvalue weighted by Gasteiger charge is -2.13. The van der Waals surface area contributed by atoms with Crippen LogP contribution in [0, 0.1) is 5.82 Å². The summed E-state index contributed by atoms with van der Waals surface area (Å²) in [6.07, 6.45) is 0.0543. The van der Waals surface area contributed by atoms with Gasteiger partial charge in [-0.2, -0.15) is 0 Å². The van der Waals surface area contributed by atoms with Crippen molar-refractivity contribution in [2.75, 3.05) is 10.6 Å². The van der Waals surface area contributed by atoms with Gasteiger partial charge in [-0.15, -0.1) is 0 Å². The number of benzene rings is 3. The molecule has 3 aromatic carbocycles. The van der Waals surface area contributed by atoms with Crippen molar-refractivity contribution >= 4 is 52.1 Å². The fraction of sp³-hybridized carbons (Fsp3) is 0.160. The molecule has 0 radical (unpaired) electrons. The molecule has 2 amide bonds. The Morgan fingerprint density at radius 3 is 2.42 bits per heavy atom. The van der Waals surface area contributed by atoms with Crippen LogP contribution in [-0.2, 0) is 16.0 Å². The molecule has 3 aromatic rings. The maximum atomic E-state index is 14.5. The van der Waals surface area contributed by atoms with Gasteiger partial charge in [0.1, 0.15) is 11.9 Å². The zero-order valence-electron chi connectivity index (χ0n) is 17.5. The standard InChI is InChI=1S/C25H18Cl2FN3O2/c1-12-17-6-3-14(9-21(17)31-24(12)32)23-18-10-15(26)5-7-20(18)30-25(33)22(29-23)8-13-2-4-16(27)11-19(13)28/h2-7,9-12,22H,8H2,1H3,(H,30,33)(H,31,32). The highest BCUT2D eigenvalue weighted by atomic mass is 35.5. The second kappa shape index (κ2) is 8.28. The van der Waals surface area contributed by atoms with E-state index in [2.05, 4.69) is 10.6 Å². The molecule has 2 N–H and O–H groups in total. The average Bonchev–Trinajstić information content (AvgIpc) is 2.98. The Kier molecular flexibility index (Phi) is 5.43. The van der Waals surface area contributed by atoms with Gasteiger partial charge < -0.3 is 10.6 Å². The average molecular weight is 482 g/mol. The maximum absolute atomic E-state index is 14.5. The van der Waals surface area contributed by atoms with E-state index in [0.717, 1.165) is 5.56 Å². The number of rotatable bonds is 3. The fourth-order valence-electron chi connectivity index (χ4n) is 4.16. The molecule has 166 valence electrons. The molecule has 2 heterocycles. The third-order valence-corrected chi connectivity index (χ3v) is 6.43. The Morgan fingerprint density at radius 1 is 0.909 bits per heavy atom. The predicted octanol–water partition coefficient (Wildman–Crippen LogP) is 5.59. The number of carbonyl (C=O) groups is 2. The zero-order valence-corrected chi connectivity index (χ0v) is 19.0. The van der Waals surface area contributed by atoms with E-state index in [9.17, 15) is 14.0 Å². The minimum absolute atomic E-state index is 0.0543. The molecule has 0 spiro atoms. The number of hydrogen-bond acceptors (Lipinski definition) is 3. The van der Waals surface area contributed by atoms with E-state index >= 15 is 0 Å². The normalized spacial score (nSPS) is 19.2. The van der Waals surface area contributed by atoms with Crippen LogP contribution in [0.15, 0.2) is 59.6 Å². The lowest BCUT2D eigenvalue weighted by Crippen LogP contribution is -2.28. The molecule has 5 nitrogen and oxygen atoms in total. The van der Waals surface area contributed by atoms with Crippen LogP contribution in [0.4, 0.5) is 15.8 Å². The molecule has 0 bridgehead atoms. The first-order chi connectivity index (χ1) is 15.8. The van der Waals surface area contributed by atoms with Crippen LogP contribution < -0.4 is 10.6 Å². The van der Waals surface area contributed by atoms with Gasteiger partial charge in [-0.05, 0) is 54.4 Å². The van der Waals surface area contributed by atoms with Crippen molar-refractivity contribution in [1.29, 1.82) is 0 Å². The summed E-state index contributed by atoms with van der Waals surface area (Å²) in [5.41, 5.74) is 4.39. The summed E-state index contributed by atoms with van der Waals surface area (Å²) in [6, 6.07) is 14.2. The van der Waals surface area contributed by atoms with Gasteiger partial charge in [0.25, 0.3) is 0 Å². The molecule has 0 fully saturated rings. The lowest BCUT2D eigenvalue weighted by atomic mass is 9.96. The van der Waals surface area contributed by atoms with E-state index in [4.69, 9.17) is 28.2 Å². The van der Waals surface area contributed by atoms with Gasteiger partial charge in [0.15, 0.2) is 0 Å². The molecule has 0 aromatic heterocycles. The van der Waals surface area contributed by atoms with E-state index in [1.54, 1.807) is 30.3 Å². The highest BCUT2D eigenvalue weighted by Gasteiger charge is 2.30. The van der Waals surface area contributed by atoms with Crippen molar-refractivity contribution in [3.8, 4) is 0 Å². The number of halogens is 3.